The van der Waals surface area contributed by atoms with Crippen LogP contribution in [0.1, 0.15) is 361 Å². The first kappa shape index (κ1) is 76.1. The van der Waals surface area contributed by atoms with Gasteiger partial charge in [0, 0.05) is 0 Å². The number of aliphatic hydroxyl groups excluding tert-OH is 7. The molecule has 472 valence electrons. The van der Waals surface area contributed by atoms with Gasteiger partial charge in [-0.05, 0) is 12.8 Å². The zero-order valence-corrected chi connectivity index (χ0v) is 52.1. The van der Waals surface area contributed by atoms with Crippen LogP contribution < -0.4 is 5.32 Å². The first-order valence-corrected chi connectivity index (χ1v) is 34.9. The summed E-state index contributed by atoms with van der Waals surface area (Å²) in [5, 5.41) is 76.5. The van der Waals surface area contributed by atoms with Crippen LogP contribution in [-0.4, -0.2) is 110 Å². The van der Waals surface area contributed by atoms with Crippen LogP contribution >= 0.6 is 0 Å². The van der Waals surface area contributed by atoms with Crippen molar-refractivity contribution in [3.05, 3.63) is 0 Å². The second kappa shape index (κ2) is 57.5. The highest BCUT2D eigenvalue weighted by Gasteiger charge is 2.44. The molecule has 1 heterocycles. The molecule has 0 aromatic heterocycles. The lowest BCUT2D eigenvalue weighted by atomic mass is 9.98. The second-order valence-electron chi connectivity index (χ2n) is 25.0. The fraction of sp³-hybridized carbons (Fsp3) is 0.985. The Morgan fingerprint density at radius 1 is 0.392 bits per heavy atom. The van der Waals surface area contributed by atoms with E-state index in [9.17, 15) is 40.5 Å². The van der Waals surface area contributed by atoms with Gasteiger partial charge in [0.15, 0.2) is 6.29 Å². The van der Waals surface area contributed by atoms with Crippen LogP contribution in [0.5, 0.6) is 0 Å². The molecule has 9 unspecified atom stereocenters. The average Bonchev–Trinajstić information content (AvgIpc) is 3.46. The lowest BCUT2D eigenvalue weighted by Crippen LogP contribution is -2.60. The number of hydrogen-bond donors (Lipinski definition) is 8. The van der Waals surface area contributed by atoms with Gasteiger partial charge >= 0.3 is 0 Å². The molecular weight excluding hydrogens is 991 g/mol. The van der Waals surface area contributed by atoms with Crippen molar-refractivity contribution in [3.63, 3.8) is 0 Å². The number of rotatable bonds is 62. The number of ether oxygens (including phenoxy) is 2. The number of aliphatic hydroxyl groups is 7. The molecule has 1 rings (SSSR count). The van der Waals surface area contributed by atoms with Crippen molar-refractivity contribution in [1.29, 1.82) is 0 Å². The maximum atomic E-state index is 13.2. The van der Waals surface area contributed by atoms with Crippen molar-refractivity contribution in [2.24, 2.45) is 0 Å². The molecule has 0 aliphatic carbocycles. The van der Waals surface area contributed by atoms with Gasteiger partial charge in [-0.25, -0.2) is 0 Å². The Morgan fingerprint density at radius 3 is 0.937 bits per heavy atom. The molecule has 8 N–H and O–H groups in total. The predicted octanol–water partition coefficient (Wildman–Crippen LogP) is 16.5. The summed E-state index contributed by atoms with van der Waals surface area (Å²) in [6.45, 7) is 3.52. The van der Waals surface area contributed by atoms with Crippen molar-refractivity contribution < 1.29 is 50.0 Å². The van der Waals surface area contributed by atoms with Gasteiger partial charge in [0.25, 0.3) is 0 Å². The Kier molecular flexibility index (Phi) is 55.4. The molecule has 0 saturated carbocycles. The van der Waals surface area contributed by atoms with E-state index in [0.29, 0.717) is 19.3 Å². The number of carbonyl (C=O) groups is 1. The van der Waals surface area contributed by atoms with E-state index in [1.807, 2.05) is 0 Å². The van der Waals surface area contributed by atoms with Crippen molar-refractivity contribution in [2.45, 2.75) is 416 Å². The number of unbranched alkanes of at least 4 members (excludes halogenated alkanes) is 50. The fourth-order valence-electron chi connectivity index (χ4n) is 11.8. The summed E-state index contributed by atoms with van der Waals surface area (Å²) in [7, 11) is 0. The van der Waals surface area contributed by atoms with Gasteiger partial charge in [-0.1, -0.05) is 348 Å². The van der Waals surface area contributed by atoms with E-state index >= 15 is 0 Å². The molecule has 11 nitrogen and oxygen atoms in total. The average molecular weight is 1130 g/mol. The largest absolute Gasteiger partial charge is 0.394 e. The standard InChI is InChI=1S/C68H135NO10/c1-3-5-7-9-11-13-15-17-19-21-23-25-26-27-28-29-30-31-32-33-34-35-36-38-39-41-43-45-47-49-51-53-55-60(71)63(73)59(58-78-68-66(76)65(75)64(74)62(57-70)79-68)69-67(77)61(72)56-54-52-50-48-46-44-42-40-37-24-22-20-18-16-14-12-10-8-6-4-2/h59-66,68,70-76H,3-58H2,1-2H3,(H,69,77). The fourth-order valence-corrected chi connectivity index (χ4v) is 11.8. The summed E-state index contributed by atoms with van der Waals surface area (Å²) in [6.07, 6.45) is 57.6. The molecule has 0 bridgehead atoms. The SMILES string of the molecule is CCCCCCCCCCCCCCCCCCCCCCCCCCCCCCCCCCC(O)C(O)C(COC1OC(CO)C(O)C(O)C1O)NC(=O)C(O)CCCCCCCCCCCCCCCCCCCCCC. The Hall–Kier alpha value is -0.890. The van der Waals surface area contributed by atoms with Crippen LogP contribution in [-0.2, 0) is 14.3 Å². The zero-order chi connectivity index (χ0) is 57.5. The minimum absolute atomic E-state index is 0.267. The molecule has 0 radical (unpaired) electrons. The molecule has 0 aromatic rings. The highest BCUT2D eigenvalue weighted by atomic mass is 16.7. The Labute approximate surface area is 488 Å². The molecule has 11 heteroatoms. The number of hydrogen-bond acceptors (Lipinski definition) is 10. The molecule has 0 aromatic carbocycles. The van der Waals surface area contributed by atoms with E-state index in [1.54, 1.807) is 0 Å². The zero-order valence-electron chi connectivity index (χ0n) is 52.1. The third-order valence-electron chi connectivity index (χ3n) is 17.4. The summed E-state index contributed by atoms with van der Waals surface area (Å²) in [4.78, 5) is 13.2. The predicted molar refractivity (Wildman–Crippen MR) is 330 cm³/mol. The van der Waals surface area contributed by atoms with Crippen LogP contribution in [0.15, 0.2) is 0 Å². The summed E-state index contributed by atoms with van der Waals surface area (Å²) >= 11 is 0. The summed E-state index contributed by atoms with van der Waals surface area (Å²) in [6, 6.07) is -1.16. The summed E-state index contributed by atoms with van der Waals surface area (Å²) in [5.74, 6) is -0.687. The van der Waals surface area contributed by atoms with Gasteiger partial charge in [-0.15, -0.1) is 0 Å². The molecule has 1 saturated heterocycles. The molecule has 1 amide bonds. The van der Waals surface area contributed by atoms with Gasteiger partial charge in [0.1, 0.15) is 36.6 Å². The lowest BCUT2D eigenvalue weighted by Gasteiger charge is -2.40. The van der Waals surface area contributed by atoms with Crippen molar-refractivity contribution in [2.75, 3.05) is 13.2 Å². The second-order valence-corrected chi connectivity index (χ2v) is 25.0. The van der Waals surface area contributed by atoms with Gasteiger partial charge < -0.3 is 50.5 Å². The van der Waals surface area contributed by atoms with Gasteiger partial charge in [0.2, 0.25) is 5.91 Å². The summed E-state index contributed by atoms with van der Waals surface area (Å²) in [5.41, 5.74) is 0. The van der Waals surface area contributed by atoms with Crippen molar-refractivity contribution >= 4 is 5.91 Å². The normalized spacial score (nSPS) is 19.2. The van der Waals surface area contributed by atoms with Crippen LogP contribution in [0.4, 0.5) is 0 Å². The Balaban J connectivity index is 2.17. The van der Waals surface area contributed by atoms with Crippen molar-refractivity contribution in [1.82, 2.24) is 5.32 Å². The highest BCUT2D eigenvalue weighted by Crippen LogP contribution is 2.24. The van der Waals surface area contributed by atoms with E-state index in [4.69, 9.17) is 9.47 Å². The summed E-state index contributed by atoms with van der Waals surface area (Å²) < 4.78 is 11.2. The maximum absolute atomic E-state index is 13.2. The van der Waals surface area contributed by atoms with Crippen molar-refractivity contribution in [3.8, 4) is 0 Å². The Bertz CT molecular complexity index is 1250. The first-order valence-electron chi connectivity index (χ1n) is 34.9. The van der Waals surface area contributed by atoms with E-state index in [0.717, 1.165) is 38.5 Å². The molecular formula is C68H135NO10. The first-order chi connectivity index (χ1) is 38.7. The molecule has 1 aliphatic heterocycles. The van der Waals surface area contributed by atoms with E-state index < -0.39 is 74.2 Å². The van der Waals surface area contributed by atoms with E-state index in [2.05, 4.69) is 19.2 Å². The van der Waals surface area contributed by atoms with Crippen LogP contribution in [0.2, 0.25) is 0 Å². The monoisotopic (exact) mass is 1130 g/mol. The van der Waals surface area contributed by atoms with Gasteiger partial charge in [0.05, 0.1) is 25.4 Å². The lowest BCUT2D eigenvalue weighted by molar-refractivity contribution is -0.303. The third-order valence-corrected chi connectivity index (χ3v) is 17.4. The molecule has 1 fully saturated rings. The minimum atomic E-state index is -1.66. The van der Waals surface area contributed by atoms with Gasteiger partial charge in [-0.2, -0.15) is 0 Å². The highest BCUT2D eigenvalue weighted by molar-refractivity contribution is 5.80. The third kappa shape index (κ3) is 45.2. The molecule has 79 heavy (non-hydrogen) atoms. The van der Waals surface area contributed by atoms with E-state index in [1.165, 1.54) is 283 Å². The number of nitrogens with one attached hydrogen (secondary N) is 1. The quantitative estimate of drug-likeness (QED) is 0.0272. The smallest absolute Gasteiger partial charge is 0.249 e. The van der Waals surface area contributed by atoms with Gasteiger partial charge in [-0.3, -0.25) is 4.79 Å². The maximum Gasteiger partial charge on any atom is 0.249 e. The molecule has 9 atom stereocenters. The van der Waals surface area contributed by atoms with Crippen LogP contribution in [0.25, 0.3) is 0 Å². The topological polar surface area (TPSA) is 189 Å². The van der Waals surface area contributed by atoms with Crippen LogP contribution in [0.3, 0.4) is 0 Å². The molecule has 1 aliphatic rings. The number of amides is 1. The molecule has 0 spiro atoms. The van der Waals surface area contributed by atoms with Crippen LogP contribution in [0, 0.1) is 0 Å². The Morgan fingerprint density at radius 2 is 0.658 bits per heavy atom. The number of carbonyl (C=O) groups excluding carboxylic acids is 1. The minimum Gasteiger partial charge on any atom is -0.394 e. The van der Waals surface area contributed by atoms with E-state index in [-0.39, 0.29) is 6.42 Å².